The first-order valence-electron chi connectivity index (χ1n) is 5.10. The third kappa shape index (κ3) is 3.48. The molecule has 0 bridgehead atoms. The van der Waals surface area contributed by atoms with E-state index in [0.717, 1.165) is 11.1 Å². The molecule has 0 aliphatic carbocycles. The zero-order valence-corrected chi connectivity index (χ0v) is 9.30. The third-order valence-electron chi connectivity index (χ3n) is 2.08. The molecule has 0 radical (unpaired) electrons. The molecule has 0 saturated heterocycles. The number of alkyl halides is 3. The summed E-state index contributed by atoms with van der Waals surface area (Å²) in [6.07, 6.45) is -2.94. The topological polar surface area (TPSA) is 42.7 Å². The molecule has 4 nitrogen and oxygen atoms in total. The molecule has 1 aromatic heterocycles. The normalized spacial score (nSPS) is 12.1. The molecule has 16 heavy (non-hydrogen) atoms. The van der Waals surface area contributed by atoms with Gasteiger partial charge in [-0.1, -0.05) is 18.6 Å². The molecule has 0 saturated carbocycles. The fraction of sp³-hybridized carbons (Fsp3) is 0.778. The number of hydrogen-bond acceptors (Lipinski definition) is 3. The van der Waals surface area contributed by atoms with Crippen molar-refractivity contribution in [3.63, 3.8) is 0 Å². The summed E-state index contributed by atoms with van der Waals surface area (Å²) >= 11 is 0. The van der Waals surface area contributed by atoms with Crippen molar-refractivity contribution in [1.82, 2.24) is 20.3 Å². The Hall–Kier alpha value is -1.11. The molecule has 1 aromatic rings. The van der Waals surface area contributed by atoms with E-state index in [1.165, 1.54) is 0 Å². The minimum Gasteiger partial charge on any atom is -0.314 e. The third-order valence-corrected chi connectivity index (χ3v) is 2.08. The Balaban J connectivity index is 2.90. The van der Waals surface area contributed by atoms with Gasteiger partial charge in [0.05, 0.1) is 11.4 Å². The second-order valence-electron chi connectivity index (χ2n) is 3.54. The minimum absolute atomic E-state index is 0.438. The molecule has 0 fully saturated rings. The van der Waals surface area contributed by atoms with Gasteiger partial charge in [-0.15, -0.1) is 5.10 Å². The zero-order valence-electron chi connectivity index (χ0n) is 9.30. The maximum absolute atomic E-state index is 12.3. The molecule has 0 unspecified atom stereocenters. The highest BCUT2D eigenvalue weighted by molar-refractivity contribution is 5.10. The van der Waals surface area contributed by atoms with Crippen molar-refractivity contribution in [1.29, 1.82) is 0 Å². The lowest BCUT2D eigenvalue weighted by molar-refractivity contribution is -0.143. The van der Waals surface area contributed by atoms with E-state index in [2.05, 4.69) is 15.6 Å². The van der Waals surface area contributed by atoms with Crippen molar-refractivity contribution < 1.29 is 13.2 Å². The van der Waals surface area contributed by atoms with E-state index in [1.54, 1.807) is 7.05 Å². The second-order valence-corrected chi connectivity index (χ2v) is 3.54. The van der Waals surface area contributed by atoms with Crippen LogP contribution in [0.4, 0.5) is 13.2 Å². The quantitative estimate of drug-likeness (QED) is 0.842. The Morgan fingerprint density at radius 3 is 2.56 bits per heavy atom. The highest BCUT2D eigenvalue weighted by Crippen LogP contribution is 2.19. The molecule has 7 heteroatoms. The number of rotatable bonds is 5. The molecule has 0 aromatic carbocycles. The first-order chi connectivity index (χ1) is 7.48. The molecule has 92 valence electrons. The van der Waals surface area contributed by atoms with Crippen molar-refractivity contribution in [3.05, 3.63) is 11.4 Å². The first kappa shape index (κ1) is 13.0. The van der Waals surface area contributed by atoms with Crippen molar-refractivity contribution in [2.24, 2.45) is 0 Å². The van der Waals surface area contributed by atoms with E-state index in [4.69, 9.17) is 0 Å². The Bertz CT molecular complexity index is 332. The van der Waals surface area contributed by atoms with Crippen LogP contribution in [-0.4, -0.2) is 28.2 Å². The van der Waals surface area contributed by atoms with Crippen molar-refractivity contribution in [2.75, 3.05) is 7.05 Å². The van der Waals surface area contributed by atoms with Gasteiger partial charge in [-0.05, 0) is 13.5 Å². The molecule has 0 amide bonds. The van der Waals surface area contributed by atoms with E-state index in [1.807, 2.05) is 6.92 Å². The van der Waals surface area contributed by atoms with Gasteiger partial charge in [-0.2, -0.15) is 13.2 Å². The summed E-state index contributed by atoms with van der Waals surface area (Å²) in [5.41, 5.74) is 1.16. The lowest BCUT2D eigenvalue weighted by atomic mass is 10.2. The van der Waals surface area contributed by atoms with Crippen LogP contribution in [0.5, 0.6) is 0 Å². The molecular weight excluding hydrogens is 221 g/mol. The largest absolute Gasteiger partial charge is 0.408 e. The summed E-state index contributed by atoms with van der Waals surface area (Å²) < 4.78 is 37.7. The van der Waals surface area contributed by atoms with Gasteiger partial charge in [0.25, 0.3) is 0 Å². The van der Waals surface area contributed by atoms with Gasteiger partial charge < -0.3 is 5.32 Å². The second kappa shape index (κ2) is 5.29. The van der Waals surface area contributed by atoms with Crippen LogP contribution in [0.15, 0.2) is 0 Å². The monoisotopic (exact) mass is 236 g/mol. The van der Waals surface area contributed by atoms with E-state index in [0.29, 0.717) is 24.4 Å². The SMILES string of the molecule is CCCc1c(CNC)nnn1CC(F)(F)F. The Kier molecular flexibility index (Phi) is 4.28. The molecular formula is C9H15F3N4. The summed E-state index contributed by atoms with van der Waals surface area (Å²) in [4.78, 5) is 0. The average Bonchev–Trinajstić information content (AvgIpc) is 2.49. The van der Waals surface area contributed by atoms with Gasteiger partial charge in [-0.25, -0.2) is 4.68 Å². The number of nitrogens with one attached hydrogen (secondary N) is 1. The van der Waals surface area contributed by atoms with Crippen LogP contribution >= 0.6 is 0 Å². The zero-order chi connectivity index (χ0) is 12.2. The summed E-state index contributed by atoms with van der Waals surface area (Å²) in [6, 6.07) is 0. The van der Waals surface area contributed by atoms with Gasteiger partial charge in [0, 0.05) is 6.54 Å². The van der Waals surface area contributed by atoms with Gasteiger partial charge in [0.1, 0.15) is 6.54 Å². The van der Waals surface area contributed by atoms with Crippen molar-refractivity contribution in [2.45, 2.75) is 39.0 Å². The fourth-order valence-corrected chi connectivity index (χ4v) is 1.48. The molecule has 1 heterocycles. The van der Waals surface area contributed by atoms with Gasteiger partial charge in [0.2, 0.25) is 0 Å². The highest BCUT2D eigenvalue weighted by atomic mass is 19.4. The van der Waals surface area contributed by atoms with Crippen LogP contribution in [0, 0.1) is 0 Å². The predicted molar refractivity (Wildman–Crippen MR) is 52.8 cm³/mol. The van der Waals surface area contributed by atoms with Crippen LogP contribution in [-0.2, 0) is 19.5 Å². The Morgan fingerprint density at radius 2 is 2.06 bits per heavy atom. The van der Waals surface area contributed by atoms with E-state index in [-0.39, 0.29) is 0 Å². The summed E-state index contributed by atoms with van der Waals surface area (Å²) in [5.74, 6) is 0. The number of halogens is 3. The van der Waals surface area contributed by atoms with Gasteiger partial charge in [0.15, 0.2) is 0 Å². The molecule has 1 N–H and O–H groups in total. The van der Waals surface area contributed by atoms with Crippen LogP contribution in [0.3, 0.4) is 0 Å². The molecule has 1 rings (SSSR count). The highest BCUT2D eigenvalue weighted by Gasteiger charge is 2.30. The van der Waals surface area contributed by atoms with Crippen molar-refractivity contribution in [3.8, 4) is 0 Å². The lowest BCUT2D eigenvalue weighted by Gasteiger charge is -2.09. The predicted octanol–water partition coefficient (Wildman–Crippen LogP) is 1.51. The number of nitrogens with zero attached hydrogens (tertiary/aromatic N) is 3. The summed E-state index contributed by atoms with van der Waals surface area (Å²) in [7, 11) is 1.72. The van der Waals surface area contributed by atoms with Gasteiger partial charge >= 0.3 is 6.18 Å². The van der Waals surface area contributed by atoms with Crippen LogP contribution in [0.25, 0.3) is 0 Å². The lowest BCUT2D eigenvalue weighted by Crippen LogP contribution is -2.21. The smallest absolute Gasteiger partial charge is 0.314 e. The average molecular weight is 236 g/mol. The van der Waals surface area contributed by atoms with Crippen molar-refractivity contribution >= 4 is 0 Å². The molecule has 0 aliphatic heterocycles. The Labute approximate surface area is 91.8 Å². The maximum Gasteiger partial charge on any atom is 0.408 e. The van der Waals surface area contributed by atoms with Crippen LogP contribution in [0.1, 0.15) is 24.7 Å². The molecule has 0 atom stereocenters. The number of hydrogen-bond donors (Lipinski definition) is 1. The standard InChI is InChI=1S/C9H15F3N4/c1-3-4-8-7(5-13-2)14-15-16(8)6-9(10,11)12/h13H,3-6H2,1-2H3. The number of aromatic nitrogens is 3. The molecule has 0 aliphatic rings. The van der Waals surface area contributed by atoms with Crippen LogP contribution < -0.4 is 5.32 Å². The van der Waals surface area contributed by atoms with Crippen LogP contribution in [0.2, 0.25) is 0 Å². The van der Waals surface area contributed by atoms with Gasteiger partial charge in [-0.3, -0.25) is 0 Å². The minimum atomic E-state index is -4.26. The van der Waals surface area contributed by atoms with E-state index < -0.39 is 12.7 Å². The van der Waals surface area contributed by atoms with E-state index >= 15 is 0 Å². The fourth-order valence-electron chi connectivity index (χ4n) is 1.48. The first-order valence-corrected chi connectivity index (χ1v) is 5.10. The summed E-state index contributed by atoms with van der Waals surface area (Å²) in [6.45, 7) is 1.28. The Morgan fingerprint density at radius 1 is 1.38 bits per heavy atom. The van der Waals surface area contributed by atoms with E-state index in [9.17, 15) is 13.2 Å². The maximum atomic E-state index is 12.3. The summed E-state index contributed by atoms with van der Waals surface area (Å²) in [5, 5.41) is 10.2. The molecule has 0 spiro atoms.